The molecule has 144 valence electrons. The summed E-state index contributed by atoms with van der Waals surface area (Å²) in [7, 11) is 1.50. The lowest BCUT2D eigenvalue weighted by molar-refractivity contribution is -0.130. The van der Waals surface area contributed by atoms with Crippen molar-refractivity contribution in [2.24, 2.45) is 0 Å². The topological polar surface area (TPSA) is 81.8 Å². The fourth-order valence-corrected chi connectivity index (χ4v) is 3.10. The molecule has 1 aliphatic rings. The average molecular weight is 417 g/mol. The second-order valence-electron chi connectivity index (χ2n) is 6.13. The molecule has 0 aliphatic carbocycles. The van der Waals surface area contributed by atoms with Crippen molar-refractivity contribution >= 4 is 52.3 Å². The second kappa shape index (κ2) is 8.37. The van der Waals surface area contributed by atoms with Crippen LogP contribution in [0, 0.1) is 0 Å². The molecule has 0 spiro atoms. The number of hydrogen-bond donors (Lipinski definition) is 2. The Morgan fingerprint density at radius 1 is 1.11 bits per heavy atom. The molecule has 1 aliphatic heterocycles. The minimum Gasteiger partial charge on any atom is -0.326 e. The fraction of sp³-hybridized carbons (Fsp3) is 0.158. The first kappa shape index (κ1) is 19.8. The maximum Gasteiger partial charge on any atom is 0.269 e. The summed E-state index contributed by atoms with van der Waals surface area (Å²) in [5.74, 6) is -1.18. The smallest absolute Gasteiger partial charge is 0.269 e. The summed E-state index contributed by atoms with van der Waals surface area (Å²) >= 11 is 11.1. The molecule has 2 aromatic carbocycles. The Morgan fingerprint density at radius 2 is 1.75 bits per heavy atom. The monoisotopic (exact) mass is 416 g/mol. The number of rotatable bonds is 5. The van der Waals surface area contributed by atoms with Crippen molar-refractivity contribution in [2.75, 3.05) is 12.4 Å². The first-order chi connectivity index (χ1) is 13.4. The van der Waals surface area contributed by atoms with Crippen molar-refractivity contribution in [1.29, 1.82) is 0 Å². The highest BCUT2D eigenvalue weighted by atomic mass is 35.5. The van der Waals surface area contributed by atoms with Crippen LogP contribution in [-0.4, -0.2) is 45.8 Å². The largest absolute Gasteiger partial charge is 0.326 e. The second-order valence-corrected chi connectivity index (χ2v) is 6.93. The van der Waals surface area contributed by atoms with Crippen LogP contribution in [0.1, 0.15) is 16.8 Å². The van der Waals surface area contributed by atoms with Gasteiger partial charge in [-0.15, -0.1) is 0 Å². The molecule has 0 aromatic heterocycles. The highest BCUT2D eigenvalue weighted by molar-refractivity contribution is 7.80. The third kappa shape index (κ3) is 4.29. The Labute approximate surface area is 172 Å². The number of anilines is 1. The maximum atomic E-state index is 12.5. The minimum atomic E-state index is -0.933. The van der Waals surface area contributed by atoms with E-state index in [-0.39, 0.29) is 17.4 Å². The van der Waals surface area contributed by atoms with Gasteiger partial charge in [-0.3, -0.25) is 24.7 Å². The molecule has 0 radical (unpaired) electrons. The van der Waals surface area contributed by atoms with E-state index in [4.69, 9.17) is 23.8 Å². The number of nitrogens with zero attached hydrogens (tertiary/aromatic N) is 2. The standard InChI is InChI=1S/C19H17ClN4O3S/c1-23-18(27)15(11-16(25)21-14-9-7-13(20)8-10-14)24(19(23)28)22-17(26)12-5-3-2-4-6-12/h2-10,15H,11H2,1H3,(H,21,25)(H,22,26). The van der Waals surface area contributed by atoms with E-state index < -0.39 is 17.9 Å². The van der Waals surface area contributed by atoms with E-state index in [0.717, 1.165) is 0 Å². The molecule has 3 amide bonds. The molecular formula is C19H17ClN4O3S. The van der Waals surface area contributed by atoms with E-state index in [1.54, 1.807) is 54.6 Å². The van der Waals surface area contributed by atoms with Crippen molar-refractivity contribution in [3.8, 4) is 0 Å². The normalized spacial score (nSPS) is 16.3. The Hall–Kier alpha value is -2.97. The number of carbonyl (C=O) groups is 3. The Balaban J connectivity index is 1.72. The summed E-state index contributed by atoms with van der Waals surface area (Å²) in [6.45, 7) is 0. The number of halogens is 1. The average Bonchev–Trinajstić information content (AvgIpc) is 2.88. The molecule has 1 saturated heterocycles. The van der Waals surface area contributed by atoms with Crippen LogP contribution in [0.5, 0.6) is 0 Å². The number of likely N-dealkylation sites (N-methyl/N-ethyl adjacent to an activating group) is 1. The zero-order valence-electron chi connectivity index (χ0n) is 14.9. The van der Waals surface area contributed by atoms with Crippen molar-refractivity contribution in [2.45, 2.75) is 12.5 Å². The highest BCUT2D eigenvalue weighted by Crippen LogP contribution is 2.19. The van der Waals surface area contributed by atoms with Gasteiger partial charge in [0.25, 0.3) is 11.8 Å². The van der Waals surface area contributed by atoms with Crippen molar-refractivity contribution < 1.29 is 14.4 Å². The number of nitrogens with one attached hydrogen (secondary N) is 2. The minimum absolute atomic E-state index is 0.124. The first-order valence-electron chi connectivity index (χ1n) is 8.39. The lowest BCUT2D eigenvalue weighted by atomic mass is 10.2. The van der Waals surface area contributed by atoms with E-state index in [1.807, 2.05) is 0 Å². The Kier molecular flexibility index (Phi) is 5.91. The Morgan fingerprint density at radius 3 is 2.39 bits per heavy atom. The van der Waals surface area contributed by atoms with Gasteiger partial charge in [-0.1, -0.05) is 29.8 Å². The third-order valence-corrected chi connectivity index (χ3v) is 4.91. The third-order valence-electron chi connectivity index (χ3n) is 4.19. The summed E-state index contributed by atoms with van der Waals surface area (Å²) in [5, 5.41) is 4.63. The van der Waals surface area contributed by atoms with Gasteiger partial charge in [0.1, 0.15) is 6.04 Å². The van der Waals surface area contributed by atoms with E-state index in [1.165, 1.54) is 17.0 Å². The summed E-state index contributed by atoms with van der Waals surface area (Å²) in [4.78, 5) is 38.6. The van der Waals surface area contributed by atoms with Crippen LogP contribution in [-0.2, 0) is 9.59 Å². The molecule has 7 nitrogen and oxygen atoms in total. The molecule has 9 heteroatoms. The van der Waals surface area contributed by atoms with Gasteiger partial charge in [-0.05, 0) is 48.6 Å². The number of hydrazine groups is 1. The van der Waals surface area contributed by atoms with Crippen LogP contribution in [0.4, 0.5) is 5.69 Å². The summed E-state index contributed by atoms with van der Waals surface area (Å²) in [5.41, 5.74) is 3.59. The van der Waals surface area contributed by atoms with Gasteiger partial charge in [-0.25, -0.2) is 5.01 Å². The zero-order chi connectivity index (χ0) is 20.3. The Bertz CT molecular complexity index is 921. The lowest BCUT2D eigenvalue weighted by Crippen LogP contribution is -2.49. The van der Waals surface area contributed by atoms with E-state index in [9.17, 15) is 14.4 Å². The van der Waals surface area contributed by atoms with Gasteiger partial charge < -0.3 is 5.32 Å². The fourth-order valence-electron chi connectivity index (χ4n) is 2.71. The van der Waals surface area contributed by atoms with Gasteiger partial charge in [0.2, 0.25) is 5.91 Å². The van der Waals surface area contributed by atoms with Gasteiger partial charge >= 0.3 is 0 Å². The molecule has 2 N–H and O–H groups in total. The number of benzene rings is 2. The van der Waals surface area contributed by atoms with Crippen LogP contribution in [0.2, 0.25) is 5.02 Å². The number of amides is 3. The molecular weight excluding hydrogens is 400 g/mol. The number of hydrogen-bond acceptors (Lipinski definition) is 4. The quantitative estimate of drug-likeness (QED) is 0.732. The molecule has 0 saturated carbocycles. The number of thiocarbonyl (C=S) groups is 1. The molecule has 1 fully saturated rings. The predicted molar refractivity (Wildman–Crippen MR) is 110 cm³/mol. The predicted octanol–water partition coefficient (Wildman–Crippen LogP) is 2.44. The molecule has 3 rings (SSSR count). The molecule has 0 bridgehead atoms. The van der Waals surface area contributed by atoms with Crippen molar-refractivity contribution in [3.63, 3.8) is 0 Å². The lowest BCUT2D eigenvalue weighted by Gasteiger charge is -2.24. The SMILES string of the molecule is CN1C(=O)C(CC(=O)Nc2ccc(Cl)cc2)N(NC(=O)c2ccccc2)C1=S. The summed E-state index contributed by atoms with van der Waals surface area (Å²) in [6, 6.07) is 14.2. The molecule has 1 unspecified atom stereocenters. The van der Waals surface area contributed by atoms with Crippen LogP contribution < -0.4 is 10.7 Å². The van der Waals surface area contributed by atoms with Crippen molar-refractivity contribution in [3.05, 3.63) is 65.2 Å². The van der Waals surface area contributed by atoms with Gasteiger partial charge in [0.15, 0.2) is 5.11 Å². The van der Waals surface area contributed by atoms with Gasteiger partial charge in [0, 0.05) is 23.3 Å². The molecule has 28 heavy (non-hydrogen) atoms. The van der Waals surface area contributed by atoms with Crippen LogP contribution >= 0.6 is 23.8 Å². The molecule has 1 heterocycles. The van der Waals surface area contributed by atoms with Gasteiger partial charge in [-0.2, -0.15) is 0 Å². The zero-order valence-corrected chi connectivity index (χ0v) is 16.5. The van der Waals surface area contributed by atoms with E-state index in [0.29, 0.717) is 16.3 Å². The van der Waals surface area contributed by atoms with E-state index in [2.05, 4.69) is 10.7 Å². The van der Waals surface area contributed by atoms with Crippen LogP contribution in [0.3, 0.4) is 0 Å². The van der Waals surface area contributed by atoms with Crippen molar-refractivity contribution in [1.82, 2.24) is 15.3 Å². The molecule has 2 aromatic rings. The van der Waals surface area contributed by atoms with E-state index >= 15 is 0 Å². The van der Waals surface area contributed by atoms with Crippen LogP contribution in [0.25, 0.3) is 0 Å². The maximum absolute atomic E-state index is 12.5. The first-order valence-corrected chi connectivity index (χ1v) is 9.17. The highest BCUT2D eigenvalue weighted by Gasteiger charge is 2.42. The summed E-state index contributed by atoms with van der Waals surface area (Å²) < 4.78 is 0. The van der Waals surface area contributed by atoms with Crippen LogP contribution in [0.15, 0.2) is 54.6 Å². The number of carbonyl (C=O) groups excluding carboxylic acids is 3. The molecule has 1 atom stereocenters. The summed E-state index contributed by atoms with van der Waals surface area (Å²) in [6.07, 6.45) is -0.180. The van der Waals surface area contributed by atoms with Gasteiger partial charge in [0.05, 0.1) is 6.42 Å².